The lowest BCUT2D eigenvalue weighted by Crippen LogP contribution is -2.09. The van der Waals surface area contributed by atoms with E-state index in [0.29, 0.717) is 11.3 Å². The third-order valence-electron chi connectivity index (χ3n) is 1.65. The van der Waals surface area contributed by atoms with E-state index in [0.717, 1.165) is 0 Å². The molecule has 0 rings (SSSR count). The number of hydrogen-bond donors (Lipinski definition) is 2. The summed E-state index contributed by atoms with van der Waals surface area (Å²) in [7, 11) is 0. The number of carboxylic acids is 1. The molecule has 0 saturated carbocycles. The number of Topliss-reactive ketones (excluding diaryl/α,β-unsaturated/α-hetero) is 1. The van der Waals surface area contributed by atoms with E-state index in [4.69, 9.17) is 10.8 Å². The van der Waals surface area contributed by atoms with Crippen molar-refractivity contribution in [1.29, 1.82) is 0 Å². The van der Waals surface area contributed by atoms with E-state index in [1.165, 1.54) is 13.0 Å². The monoisotopic (exact) mass is 209 g/mol. The van der Waals surface area contributed by atoms with Gasteiger partial charge in [-0.3, -0.25) is 4.79 Å². The van der Waals surface area contributed by atoms with Gasteiger partial charge in [0.15, 0.2) is 5.78 Å². The summed E-state index contributed by atoms with van der Waals surface area (Å²) in [6, 6.07) is 0. The lowest BCUT2D eigenvalue weighted by atomic mass is 10.1. The molecule has 0 saturated heterocycles. The molecule has 4 nitrogen and oxygen atoms in total. The highest BCUT2D eigenvalue weighted by molar-refractivity contribution is 6.16. The molecule has 0 aliphatic rings. The summed E-state index contributed by atoms with van der Waals surface area (Å²) < 4.78 is 0. The molecule has 4 heteroatoms. The fourth-order valence-electron chi connectivity index (χ4n) is 0.952. The Morgan fingerprint density at radius 1 is 1.20 bits per heavy atom. The van der Waals surface area contributed by atoms with E-state index in [9.17, 15) is 9.59 Å². The molecule has 0 aliphatic carbocycles. The van der Waals surface area contributed by atoms with Gasteiger partial charge in [-0.2, -0.15) is 0 Å². The van der Waals surface area contributed by atoms with Crippen LogP contribution in [0.15, 0.2) is 35.1 Å². The van der Waals surface area contributed by atoms with Crippen LogP contribution in [0.4, 0.5) is 0 Å². The summed E-state index contributed by atoms with van der Waals surface area (Å²) in [6.45, 7) is 4.64. The number of carboxylic acid groups (broad SMARTS) is 1. The molecule has 0 aromatic carbocycles. The van der Waals surface area contributed by atoms with Gasteiger partial charge in [-0.25, -0.2) is 4.79 Å². The Kier molecular flexibility index (Phi) is 5.09. The van der Waals surface area contributed by atoms with Gasteiger partial charge < -0.3 is 10.8 Å². The minimum Gasteiger partial charge on any atom is -0.478 e. The number of rotatable bonds is 4. The Hall–Kier alpha value is -1.84. The zero-order valence-electron chi connectivity index (χ0n) is 9.07. The van der Waals surface area contributed by atoms with Crippen LogP contribution in [0.2, 0.25) is 0 Å². The molecule has 15 heavy (non-hydrogen) atoms. The van der Waals surface area contributed by atoms with Gasteiger partial charge in [-0.05, 0) is 38.5 Å². The Bertz CT molecular complexity index is 342. The molecule has 0 aromatic heterocycles. The maximum absolute atomic E-state index is 11.0. The Morgan fingerprint density at radius 2 is 1.73 bits per heavy atom. The van der Waals surface area contributed by atoms with Crippen molar-refractivity contribution >= 4 is 11.8 Å². The van der Waals surface area contributed by atoms with Gasteiger partial charge in [0, 0.05) is 5.70 Å². The van der Waals surface area contributed by atoms with E-state index in [2.05, 4.69) is 0 Å². The molecule has 0 fully saturated rings. The van der Waals surface area contributed by atoms with Crippen LogP contribution in [0.3, 0.4) is 0 Å². The summed E-state index contributed by atoms with van der Waals surface area (Å²) in [4.78, 5) is 21.7. The van der Waals surface area contributed by atoms with Gasteiger partial charge in [-0.15, -0.1) is 0 Å². The first-order chi connectivity index (χ1) is 6.88. The molecule has 82 valence electrons. The maximum atomic E-state index is 11.0. The van der Waals surface area contributed by atoms with E-state index >= 15 is 0 Å². The highest BCUT2D eigenvalue weighted by atomic mass is 16.4. The molecule has 0 amide bonds. The highest BCUT2D eigenvalue weighted by Gasteiger charge is 2.12. The van der Waals surface area contributed by atoms with Crippen molar-refractivity contribution < 1.29 is 14.7 Å². The fourth-order valence-corrected chi connectivity index (χ4v) is 0.952. The van der Waals surface area contributed by atoms with Crippen LogP contribution in [-0.2, 0) is 9.59 Å². The van der Waals surface area contributed by atoms with Gasteiger partial charge in [0.05, 0.1) is 0 Å². The summed E-state index contributed by atoms with van der Waals surface area (Å²) in [5.74, 6) is -1.71. The van der Waals surface area contributed by atoms with Gasteiger partial charge >= 0.3 is 5.97 Å². The Morgan fingerprint density at radius 3 is 2.00 bits per heavy atom. The lowest BCUT2D eigenvalue weighted by molar-refractivity contribution is -0.134. The van der Waals surface area contributed by atoms with Crippen molar-refractivity contribution in [3.8, 4) is 0 Å². The summed E-state index contributed by atoms with van der Waals surface area (Å²) in [5, 5.41) is 8.75. The molecule has 3 N–H and O–H groups in total. The average molecular weight is 209 g/mol. The summed E-state index contributed by atoms with van der Waals surface area (Å²) >= 11 is 0. The summed E-state index contributed by atoms with van der Waals surface area (Å²) in [5.41, 5.74) is 6.35. The third-order valence-corrected chi connectivity index (χ3v) is 1.65. The second kappa shape index (κ2) is 5.80. The second-order valence-electron chi connectivity index (χ2n) is 3.10. The number of ketones is 1. The van der Waals surface area contributed by atoms with Crippen LogP contribution < -0.4 is 5.73 Å². The molecular formula is C11H15NO3. The fraction of sp³-hybridized carbons (Fsp3) is 0.273. The molecule has 0 spiro atoms. The highest BCUT2D eigenvalue weighted by Crippen LogP contribution is 2.07. The summed E-state index contributed by atoms with van der Waals surface area (Å²) in [6.07, 6.45) is 4.59. The molecular weight excluding hydrogens is 194 g/mol. The topological polar surface area (TPSA) is 80.4 Å². The molecule has 0 aliphatic heterocycles. The van der Waals surface area contributed by atoms with E-state index in [1.54, 1.807) is 26.0 Å². The van der Waals surface area contributed by atoms with E-state index in [-0.39, 0.29) is 5.57 Å². The zero-order chi connectivity index (χ0) is 12.0. The molecule has 0 aromatic rings. The van der Waals surface area contributed by atoms with Crippen LogP contribution in [-0.4, -0.2) is 16.9 Å². The van der Waals surface area contributed by atoms with Crippen molar-refractivity contribution in [3.63, 3.8) is 0 Å². The molecule has 0 unspecified atom stereocenters. The average Bonchev–Trinajstić information content (AvgIpc) is 2.10. The molecule has 0 atom stereocenters. The minimum atomic E-state index is -1.23. The van der Waals surface area contributed by atoms with Gasteiger partial charge in [0.25, 0.3) is 0 Å². The lowest BCUT2D eigenvalue weighted by Gasteiger charge is -1.99. The first-order valence-electron chi connectivity index (χ1n) is 4.44. The van der Waals surface area contributed by atoms with Crippen molar-refractivity contribution in [2.45, 2.75) is 20.8 Å². The number of carbonyl (C=O) groups excluding carboxylic acids is 1. The van der Waals surface area contributed by atoms with Crippen LogP contribution in [0.1, 0.15) is 20.8 Å². The standard InChI is InChI=1S/C11H15NO3/c1-4-9(5-7(2)12)6-10(8(3)13)11(14)15/h4-6H,12H2,1-3H3,(H,14,15)/b7-5-,9-4+,10-6-. The third kappa shape index (κ3) is 4.81. The number of nitrogens with two attached hydrogens (primary N) is 1. The Labute approximate surface area is 88.8 Å². The van der Waals surface area contributed by atoms with Crippen molar-refractivity contribution in [2.24, 2.45) is 5.73 Å². The SMILES string of the molecule is C/C=C(\C=C(\C)N)/C=C(/C(C)=O)C(=O)O. The molecule has 0 heterocycles. The first-order valence-corrected chi connectivity index (χ1v) is 4.44. The second-order valence-corrected chi connectivity index (χ2v) is 3.10. The van der Waals surface area contributed by atoms with Crippen molar-refractivity contribution in [3.05, 3.63) is 35.1 Å². The maximum Gasteiger partial charge on any atom is 0.339 e. The van der Waals surface area contributed by atoms with Crippen LogP contribution in [0.25, 0.3) is 0 Å². The first kappa shape index (κ1) is 13.2. The van der Waals surface area contributed by atoms with E-state index in [1.807, 2.05) is 0 Å². The number of allylic oxidation sites excluding steroid dienone is 5. The zero-order valence-corrected chi connectivity index (χ0v) is 9.07. The molecule has 0 radical (unpaired) electrons. The Balaban J connectivity index is 5.22. The largest absolute Gasteiger partial charge is 0.478 e. The van der Waals surface area contributed by atoms with Gasteiger partial charge in [0.1, 0.15) is 5.57 Å². The molecule has 0 bridgehead atoms. The predicted molar refractivity (Wildman–Crippen MR) is 58.1 cm³/mol. The number of carbonyl (C=O) groups is 2. The van der Waals surface area contributed by atoms with E-state index < -0.39 is 11.8 Å². The van der Waals surface area contributed by atoms with Crippen LogP contribution in [0, 0.1) is 0 Å². The van der Waals surface area contributed by atoms with Crippen molar-refractivity contribution in [2.75, 3.05) is 0 Å². The van der Waals surface area contributed by atoms with Gasteiger partial charge in [0.2, 0.25) is 0 Å². The van der Waals surface area contributed by atoms with Crippen LogP contribution >= 0.6 is 0 Å². The minimum absolute atomic E-state index is 0.249. The van der Waals surface area contributed by atoms with Crippen molar-refractivity contribution in [1.82, 2.24) is 0 Å². The number of aliphatic carboxylic acids is 1. The quantitative estimate of drug-likeness (QED) is 0.317. The number of hydrogen-bond acceptors (Lipinski definition) is 3. The normalized spacial score (nSPS) is 13.9. The predicted octanol–water partition coefficient (Wildman–Crippen LogP) is 1.40. The van der Waals surface area contributed by atoms with Gasteiger partial charge in [-0.1, -0.05) is 6.08 Å². The van der Waals surface area contributed by atoms with Crippen LogP contribution in [0.5, 0.6) is 0 Å². The smallest absolute Gasteiger partial charge is 0.339 e.